The Labute approximate surface area is 90.5 Å². The van der Waals surface area contributed by atoms with Crippen LogP contribution in [0.5, 0.6) is 0 Å². The van der Waals surface area contributed by atoms with Crippen LogP contribution in [0.15, 0.2) is 39.3 Å². The van der Waals surface area contributed by atoms with Gasteiger partial charge in [0, 0.05) is 6.20 Å². The van der Waals surface area contributed by atoms with E-state index in [4.69, 9.17) is 16.0 Å². The van der Waals surface area contributed by atoms with Crippen LogP contribution in [0.3, 0.4) is 0 Å². The molecule has 0 aliphatic carbocycles. The van der Waals surface area contributed by atoms with Gasteiger partial charge >= 0.3 is 0 Å². The van der Waals surface area contributed by atoms with Gasteiger partial charge in [0.25, 0.3) is 5.22 Å². The van der Waals surface area contributed by atoms with Crippen molar-refractivity contribution in [2.24, 2.45) is 0 Å². The van der Waals surface area contributed by atoms with E-state index in [1.165, 1.54) is 11.8 Å². The molecule has 2 rings (SSSR count). The highest BCUT2D eigenvalue weighted by Gasteiger charge is 2.04. The van der Waals surface area contributed by atoms with Gasteiger partial charge in [-0.05, 0) is 30.8 Å². The molecular weight excluding hydrogens is 220 g/mol. The van der Waals surface area contributed by atoms with Crippen molar-refractivity contribution in [1.82, 2.24) is 9.97 Å². The third kappa shape index (κ3) is 2.27. The molecule has 0 saturated carbocycles. The van der Waals surface area contributed by atoms with Gasteiger partial charge in [0.15, 0.2) is 0 Å². The Bertz CT molecular complexity index is 427. The van der Waals surface area contributed by atoms with Crippen LogP contribution in [0.25, 0.3) is 0 Å². The molecule has 0 bridgehead atoms. The number of oxazole rings is 1. The molecule has 0 saturated heterocycles. The van der Waals surface area contributed by atoms with Crippen molar-refractivity contribution in [1.29, 1.82) is 0 Å². The molecule has 5 heteroatoms. The highest BCUT2D eigenvalue weighted by molar-refractivity contribution is 7.99. The summed E-state index contributed by atoms with van der Waals surface area (Å²) in [6, 6.07) is 3.61. The number of aryl methyl sites for hydroxylation is 1. The number of pyridine rings is 1. The maximum atomic E-state index is 5.71. The van der Waals surface area contributed by atoms with Gasteiger partial charge in [0.2, 0.25) is 0 Å². The van der Waals surface area contributed by atoms with Crippen molar-refractivity contribution in [2.75, 3.05) is 0 Å². The first kappa shape index (κ1) is 9.55. The minimum Gasteiger partial charge on any atom is -0.439 e. The van der Waals surface area contributed by atoms with Crippen LogP contribution in [0, 0.1) is 6.92 Å². The zero-order valence-electron chi connectivity index (χ0n) is 7.40. The monoisotopic (exact) mass is 226 g/mol. The van der Waals surface area contributed by atoms with E-state index in [1.54, 1.807) is 18.5 Å². The Balaban J connectivity index is 2.15. The second-order valence-electron chi connectivity index (χ2n) is 2.67. The predicted molar refractivity (Wildman–Crippen MR) is 54.6 cm³/mol. The fourth-order valence-corrected chi connectivity index (χ4v) is 1.71. The summed E-state index contributed by atoms with van der Waals surface area (Å²) < 4.78 is 5.18. The summed E-state index contributed by atoms with van der Waals surface area (Å²) in [6.07, 6.45) is 3.21. The smallest absolute Gasteiger partial charge is 0.262 e. The van der Waals surface area contributed by atoms with Crippen LogP contribution in [-0.4, -0.2) is 9.97 Å². The van der Waals surface area contributed by atoms with Crippen LogP contribution in [-0.2, 0) is 0 Å². The largest absolute Gasteiger partial charge is 0.439 e. The standard InChI is InChI=1S/C9H7ClN2OS/c1-6-5-13-9(12-6)14-8-3-2-7(10)4-11-8/h2-5H,1H3. The van der Waals surface area contributed by atoms with Crippen molar-refractivity contribution < 1.29 is 4.42 Å². The lowest BCUT2D eigenvalue weighted by Crippen LogP contribution is -1.78. The molecule has 72 valence electrons. The summed E-state index contributed by atoms with van der Waals surface area (Å²) in [5.41, 5.74) is 0.862. The number of halogens is 1. The van der Waals surface area contributed by atoms with Crippen LogP contribution < -0.4 is 0 Å². The van der Waals surface area contributed by atoms with E-state index in [1.807, 2.05) is 13.0 Å². The molecule has 0 unspecified atom stereocenters. The van der Waals surface area contributed by atoms with Gasteiger partial charge in [-0.25, -0.2) is 9.97 Å². The Morgan fingerprint density at radius 2 is 2.29 bits per heavy atom. The second kappa shape index (κ2) is 4.02. The zero-order valence-corrected chi connectivity index (χ0v) is 8.97. The van der Waals surface area contributed by atoms with E-state index < -0.39 is 0 Å². The highest BCUT2D eigenvalue weighted by atomic mass is 35.5. The average molecular weight is 227 g/mol. The molecule has 0 fully saturated rings. The van der Waals surface area contributed by atoms with Gasteiger partial charge in [-0.1, -0.05) is 11.6 Å². The normalized spacial score (nSPS) is 10.4. The SMILES string of the molecule is Cc1coc(Sc2ccc(Cl)cn2)n1. The molecule has 0 aromatic carbocycles. The quantitative estimate of drug-likeness (QED) is 0.789. The fraction of sp³-hybridized carbons (Fsp3) is 0.111. The number of aromatic nitrogens is 2. The molecule has 0 aliphatic heterocycles. The van der Waals surface area contributed by atoms with E-state index >= 15 is 0 Å². The Morgan fingerprint density at radius 1 is 1.43 bits per heavy atom. The van der Waals surface area contributed by atoms with Gasteiger partial charge in [0.05, 0.1) is 10.7 Å². The summed E-state index contributed by atoms with van der Waals surface area (Å²) in [5, 5.41) is 2.03. The topological polar surface area (TPSA) is 38.9 Å². The van der Waals surface area contributed by atoms with E-state index in [-0.39, 0.29) is 0 Å². The van der Waals surface area contributed by atoms with Gasteiger partial charge in [0.1, 0.15) is 11.3 Å². The minimum absolute atomic E-state index is 0.595. The Hall–Kier alpha value is -1.00. The van der Waals surface area contributed by atoms with Gasteiger partial charge < -0.3 is 4.42 Å². The number of rotatable bonds is 2. The lowest BCUT2D eigenvalue weighted by molar-refractivity contribution is 0.454. The van der Waals surface area contributed by atoms with Crippen molar-refractivity contribution >= 4 is 23.4 Å². The maximum absolute atomic E-state index is 5.71. The first-order valence-electron chi connectivity index (χ1n) is 3.95. The number of hydrogen-bond acceptors (Lipinski definition) is 4. The van der Waals surface area contributed by atoms with Crippen molar-refractivity contribution in [2.45, 2.75) is 17.2 Å². The van der Waals surface area contributed by atoms with Crippen LogP contribution >= 0.6 is 23.4 Å². The summed E-state index contributed by atoms with van der Waals surface area (Å²) in [7, 11) is 0. The zero-order chi connectivity index (χ0) is 9.97. The summed E-state index contributed by atoms with van der Waals surface area (Å²) >= 11 is 7.08. The third-order valence-corrected chi connectivity index (χ3v) is 2.53. The summed E-state index contributed by atoms with van der Waals surface area (Å²) in [6.45, 7) is 1.88. The van der Waals surface area contributed by atoms with E-state index in [9.17, 15) is 0 Å². The molecule has 0 amide bonds. The Kier molecular flexibility index (Phi) is 2.74. The molecule has 0 N–H and O–H groups in total. The Morgan fingerprint density at radius 3 is 2.86 bits per heavy atom. The predicted octanol–water partition coefficient (Wildman–Crippen LogP) is 3.18. The van der Waals surface area contributed by atoms with Crippen molar-refractivity contribution in [3.63, 3.8) is 0 Å². The molecule has 0 atom stereocenters. The molecule has 2 aromatic rings. The lowest BCUT2D eigenvalue weighted by atomic mass is 10.5. The molecule has 14 heavy (non-hydrogen) atoms. The average Bonchev–Trinajstić information content (AvgIpc) is 2.56. The fourth-order valence-electron chi connectivity index (χ4n) is 0.891. The maximum Gasteiger partial charge on any atom is 0.262 e. The molecule has 2 aromatic heterocycles. The molecule has 0 radical (unpaired) electrons. The number of hydrogen-bond donors (Lipinski definition) is 0. The second-order valence-corrected chi connectivity index (χ2v) is 4.08. The molecule has 0 aliphatic rings. The molecule has 3 nitrogen and oxygen atoms in total. The van der Waals surface area contributed by atoms with Gasteiger partial charge in [-0.2, -0.15) is 0 Å². The van der Waals surface area contributed by atoms with Crippen molar-refractivity contribution in [3.05, 3.63) is 35.3 Å². The van der Waals surface area contributed by atoms with E-state index in [0.717, 1.165) is 10.7 Å². The van der Waals surface area contributed by atoms with E-state index in [2.05, 4.69) is 9.97 Å². The highest BCUT2D eigenvalue weighted by Crippen LogP contribution is 2.25. The first-order valence-corrected chi connectivity index (χ1v) is 5.15. The summed E-state index contributed by atoms with van der Waals surface area (Å²) in [5.74, 6) is 0. The van der Waals surface area contributed by atoms with Crippen LogP contribution in [0.2, 0.25) is 5.02 Å². The molecular formula is C9H7ClN2OS. The summed E-state index contributed by atoms with van der Waals surface area (Å²) in [4.78, 5) is 8.27. The molecule has 0 spiro atoms. The lowest BCUT2D eigenvalue weighted by Gasteiger charge is -1.94. The van der Waals surface area contributed by atoms with Crippen LogP contribution in [0.4, 0.5) is 0 Å². The number of nitrogens with zero attached hydrogens (tertiary/aromatic N) is 2. The van der Waals surface area contributed by atoms with Gasteiger partial charge in [-0.3, -0.25) is 0 Å². The van der Waals surface area contributed by atoms with Gasteiger partial charge in [-0.15, -0.1) is 0 Å². The van der Waals surface area contributed by atoms with E-state index in [0.29, 0.717) is 10.2 Å². The van der Waals surface area contributed by atoms with Crippen LogP contribution in [0.1, 0.15) is 5.69 Å². The third-order valence-electron chi connectivity index (χ3n) is 1.49. The first-order chi connectivity index (χ1) is 6.74. The van der Waals surface area contributed by atoms with Crippen molar-refractivity contribution in [3.8, 4) is 0 Å². The molecule has 2 heterocycles. The minimum atomic E-state index is 0.595.